The van der Waals surface area contributed by atoms with E-state index in [2.05, 4.69) is 11.1 Å². The molecule has 2 aliphatic rings. The molecule has 4 rings (SSSR count). The molecule has 5 N–H and O–H groups in total. The van der Waals surface area contributed by atoms with E-state index in [9.17, 15) is 20.1 Å². The number of aromatic nitrogens is 2. The third-order valence-corrected chi connectivity index (χ3v) is 4.95. The van der Waals surface area contributed by atoms with Crippen LogP contribution in [0.25, 0.3) is 0 Å². The Morgan fingerprint density at radius 1 is 1.30 bits per heavy atom. The fourth-order valence-electron chi connectivity index (χ4n) is 3.49. The second-order valence-corrected chi connectivity index (χ2v) is 6.51. The largest absolute Gasteiger partial charge is 0.394 e. The van der Waals surface area contributed by atoms with E-state index in [0.29, 0.717) is 11.5 Å². The minimum absolute atomic E-state index is 0.143. The monoisotopic (exact) mass is 374 g/mol. The second-order valence-electron chi connectivity index (χ2n) is 6.51. The van der Waals surface area contributed by atoms with E-state index >= 15 is 0 Å². The molecule has 0 bridgehead atoms. The Hall–Kier alpha value is -2.50. The molecule has 10 heteroatoms. The van der Waals surface area contributed by atoms with Crippen molar-refractivity contribution in [3.05, 3.63) is 42.4 Å². The van der Waals surface area contributed by atoms with Crippen LogP contribution in [0.2, 0.25) is 0 Å². The quantitative estimate of drug-likeness (QED) is 0.517. The maximum Gasteiger partial charge on any atom is 0.283 e. The minimum atomic E-state index is -1.29. The lowest BCUT2D eigenvalue weighted by molar-refractivity contribution is -0.0522. The molecule has 143 valence electrons. The molecule has 10 nitrogen and oxygen atoms in total. The average Bonchev–Trinajstić information content (AvgIpc) is 3.23. The van der Waals surface area contributed by atoms with E-state index < -0.39 is 43.3 Å². The number of carbonyl (C=O) groups is 1. The summed E-state index contributed by atoms with van der Waals surface area (Å²) in [5, 5.41) is 29.6. The SMILES string of the molecule is CN1c2c(ncn2[C@@H]2O[C@H](CO)[C@@H](O)[C@H]2O)C(=O)N(c2cc[c]cc2)C1N. The van der Waals surface area contributed by atoms with Crippen molar-refractivity contribution in [3.63, 3.8) is 0 Å². The van der Waals surface area contributed by atoms with E-state index in [4.69, 9.17) is 10.5 Å². The van der Waals surface area contributed by atoms with Gasteiger partial charge in [-0.15, -0.1) is 0 Å². The number of anilines is 2. The number of carbonyl (C=O) groups excluding carboxylic acids is 1. The lowest BCUT2D eigenvalue weighted by atomic mass is 10.1. The van der Waals surface area contributed by atoms with Crippen molar-refractivity contribution >= 4 is 17.4 Å². The van der Waals surface area contributed by atoms with Crippen molar-refractivity contribution in [3.8, 4) is 0 Å². The topological polar surface area (TPSA) is 137 Å². The Labute approximate surface area is 155 Å². The number of amides is 1. The van der Waals surface area contributed by atoms with Gasteiger partial charge in [-0.25, -0.2) is 4.98 Å². The van der Waals surface area contributed by atoms with E-state index in [0.717, 1.165) is 0 Å². The van der Waals surface area contributed by atoms with Gasteiger partial charge in [0.2, 0.25) is 0 Å². The van der Waals surface area contributed by atoms with Gasteiger partial charge in [0.05, 0.1) is 12.9 Å². The van der Waals surface area contributed by atoms with Crippen LogP contribution in [-0.2, 0) is 4.74 Å². The highest BCUT2D eigenvalue weighted by Gasteiger charge is 2.46. The third-order valence-electron chi connectivity index (χ3n) is 4.95. The Morgan fingerprint density at radius 2 is 2.00 bits per heavy atom. The summed E-state index contributed by atoms with van der Waals surface area (Å²) < 4.78 is 7.00. The molecule has 1 unspecified atom stereocenters. The van der Waals surface area contributed by atoms with E-state index in [1.54, 1.807) is 36.2 Å². The Morgan fingerprint density at radius 3 is 2.63 bits per heavy atom. The molecule has 27 heavy (non-hydrogen) atoms. The Kier molecular flexibility index (Phi) is 4.36. The molecule has 2 aromatic rings. The predicted molar refractivity (Wildman–Crippen MR) is 93.7 cm³/mol. The summed E-state index contributed by atoms with van der Waals surface area (Å²) in [4.78, 5) is 20.2. The molecular formula is C17H20N5O5. The van der Waals surface area contributed by atoms with Crippen molar-refractivity contribution in [2.45, 2.75) is 30.8 Å². The molecule has 1 aromatic carbocycles. The van der Waals surface area contributed by atoms with E-state index in [1.807, 2.05) is 0 Å². The van der Waals surface area contributed by atoms with Crippen LogP contribution < -0.4 is 15.5 Å². The first-order chi connectivity index (χ1) is 13.0. The summed E-state index contributed by atoms with van der Waals surface area (Å²) in [6, 6.07) is 9.70. The van der Waals surface area contributed by atoms with Crippen LogP contribution in [0.5, 0.6) is 0 Å². The smallest absolute Gasteiger partial charge is 0.283 e. The molecule has 5 atom stereocenters. The van der Waals surface area contributed by atoms with Gasteiger partial charge in [-0.2, -0.15) is 0 Å². The Balaban J connectivity index is 1.74. The summed E-state index contributed by atoms with van der Waals surface area (Å²) in [6.45, 7) is -0.446. The zero-order chi connectivity index (χ0) is 19.3. The van der Waals surface area contributed by atoms with Gasteiger partial charge in [-0.1, -0.05) is 12.1 Å². The first kappa shape index (κ1) is 17.9. The molecule has 1 saturated heterocycles. The van der Waals surface area contributed by atoms with Gasteiger partial charge in [0.15, 0.2) is 18.2 Å². The van der Waals surface area contributed by atoms with Crippen molar-refractivity contribution in [1.29, 1.82) is 0 Å². The third kappa shape index (κ3) is 2.61. The number of aliphatic hydroxyl groups excluding tert-OH is 3. The van der Waals surface area contributed by atoms with Gasteiger partial charge in [0, 0.05) is 12.7 Å². The fourth-order valence-corrected chi connectivity index (χ4v) is 3.49. The van der Waals surface area contributed by atoms with Gasteiger partial charge in [0.1, 0.15) is 24.1 Å². The van der Waals surface area contributed by atoms with Gasteiger partial charge in [0.25, 0.3) is 5.91 Å². The number of benzene rings is 1. The second kappa shape index (κ2) is 6.59. The van der Waals surface area contributed by atoms with Crippen molar-refractivity contribution in [1.82, 2.24) is 9.55 Å². The summed E-state index contributed by atoms with van der Waals surface area (Å²) >= 11 is 0. The lowest BCUT2D eigenvalue weighted by Gasteiger charge is -2.40. The summed E-state index contributed by atoms with van der Waals surface area (Å²) in [7, 11) is 1.69. The number of imidazole rings is 1. The molecule has 0 spiro atoms. The van der Waals surface area contributed by atoms with Crippen LogP contribution in [0.3, 0.4) is 0 Å². The number of hydrogen-bond acceptors (Lipinski definition) is 8. The number of hydrogen-bond donors (Lipinski definition) is 4. The fraction of sp³-hybridized carbons (Fsp3) is 0.412. The van der Waals surface area contributed by atoms with Crippen LogP contribution in [0.15, 0.2) is 30.6 Å². The predicted octanol–water partition coefficient (Wildman–Crippen LogP) is -1.37. The summed E-state index contributed by atoms with van der Waals surface area (Å²) in [5.41, 5.74) is 7.04. The highest BCUT2D eigenvalue weighted by atomic mass is 16.6. The molecule has 0 aliphatic carbocycles. The van der Waals surface area contributed by atoms with Gasteiger partial charge < -0.3 is 25.0 Å². The number of aliphatic hydroxyl groups is 3. The molecule has 0 saturated carbocycles. The zero-order valence-corrected chi connectivity index (χ0v) is 14.5. The van der Waals surface area contributed by atoms with Crippen molar-refractivity contribution < 1.29 is 24.9 Å². The summed E-state index contributed by atoms with van der Waals surface area (Å²) in [6.07, 6.45) is -3.95. The first-order valence-electron chi connectivity index (χ1n) is 8.43. The average molecular weight is 374 g/mol. The van der Waals surface area contributed by atoms with Crippen LogP contribution >= 0.6 is 0 Å². The normalized spacial score (nSPS) is 30.7. The highest BCUT2D eigenvalue weighted by molar-refractivity contribution is 6.10. The summed E-state index contributed by atoms with van der Waals surface area (Å²) in [5.74, 6) is -0.0339. The molecule has 1 radical (unpaired) electrons. The van der Waals surface area contributed by atoms with Crippen LogP contribution in [0.1, 0.15) is 16.7 Å². The van der Waals surface area contributed by atoms with Gasteiger partial charge in [-0.3, -0.25) is 20.0 Å². The standard InChI is InChI=1S/C17H20N5O5/c1-20-14-11(15(26)22(17(20)18)9-5-3-2-4-6-9)19-8-21(14)16-13(25)12(24)10(7-23)27-16/h3-6,8,10,12-13,16-17,23-25H,7,18H2,1H3/t10-,12-,13-,16-,17?/m1/s1. The van der Waals surface area contributed by atoms with Crippen LogP contribution in [-0.4, -0.2) is 69.0 Å². The van der Waals surface area contributed by atoms with Crippen molar-refractivity contribution in [2.24, 2.45) is 5.73 Å². The van der Waals surface area contributed by atoms with Gasteiger partial charge >= 0.3 is 0 Å². The van der Waals surface area contributed by atoms with Gasteiger partial charge in [-0.05, 0) is 18.2 Å². The maximum absolute atomic E-state index is 13.0. The van der Waals surface area contributed by atoms with Crippen LogP contribution in [0, 0.1) is 6.07 Å². The first-order valence-corrected chi connectivity index (χ1v) is 8.43. The minimum Gasteiger partial charge on any atom is -0.394 e. The molecule has 1 aromatic heterocycles. The lowest BCUT2D eigenvalue weighted by Crippen LogP contribution is -2.59. The van der Waals surface area contributed by atoms with Crippen molar-refractivity contribution in [2.75, 3.05) is 23.5 Å². The zero-order valence-electron chi connectivity index (χ0n) is 14.5. The highest BCUT2D eigenvalue weighted by Crippen LogP contribution is 2.37. The van der Waals surface area contributed by atoms with E-state index in [-0.39, 0.29) is 5.69 Å². The number of nitrogens with zero attached hydrogens (tertiary/aromatic N) is 4. The number of rotatable bonds is 3. The molecular weight excluding hydrogens is 354 g/mol. The van der Waals surface area contributed by atoms with Crippen LogP contribution in [0.4, 0.5) is 11.5 Å². The number of fused-ring (bicyclic) bond motifs is 1. The molecule has 1 amide bonds. The molecule has 1 fully saturated rings. The molecule has 3 heterocycles. The molecule has 2 aliphatic heterocycles. The van der Waals surface area contributed by atoms with E-state index in [1.165, 1.54) is 15.8 Å². The maximum atomic E-state index is 13.0. The number of nitrogens with two attached hydrogens (primary N) is 1. The number of ether oxygens (including phenoxy) is 1. The Bertz CT molecular complexity index is 843.